The lowest BCUT2D eigenvalue weighted by Crippen LogP contribution is -2.11. The fourth-order valence-electron chi connectivity index (χ4n) is 0.722. The lowest BCUT2D eigenvalue weighted by atomic mass is 10.5. The summed E-state index contributed by atoms with van der Waals surface area (Å²) in [5.74, 6) is 0. The van der Waals surface area contributed by atoms with Crippen molar-refractivity contribution in [3.63, 3.8) is 0 Å². The molecule has 5 nitrogen and oxygen atoms in total. The molecule has 0 aliphatic rings. The van der Waals surface area contributed by atoms with Crippen LogP contribution in [-0.4, -0.2) is 21.8 Å². The smallest absolute Gasteiger partial charge is 0.390 e. The highest BCUT2D eigenvalue weighted by atomic mass is 79.9. The van der Waals surface area contributed by atoms with Crippen molar-refractivity contribution in [1.82, 2.24) is 0 Å². The monoisotopic (exact) mass is 287 g/mol. The molecule has 0 saturated carbocycles. The van der Waals surface area contributed by atoms with Crippen molar-refractivity contribution in [3.8, 4) is 0 Å². The molecule has 0 aliphatic heterocycles. The number of hydrogen-bond acceptors (Lipinski definition) is 5. The maximum Gasteiger partial charge on any atom is 0.390 e. The summed E-state index contributed by atoms with van der Waals surface area (Å²) in [5, 5.41) is 11.3. The number of nitrogens with zero attached hydrogens (tertiary/aromatic N) is 1. The van der Waals surface area contributed by atoms with Crippen molar-refractivity contribution in [2.75, 3.05) is 0 Å². The van der Waals surface area contributed by atoms with E-state index in [9.17, 15) is 4.57 Å². The Balaban J connectivity index is 4.77. The molecule has 0 atom stereocenters. The van der Waals surface area contributed by atoms with Crippen LogP contribution in [0.5, 0.6) is 0 Å². The SMILES string of the molecule is CC(C)OP(=O)(OC(C)C)/C(Br)=N\O. The van der Waals surface area contributed by atoms with Crippen molar-refractivity contribution in [2.45, 2.75) is 39.9 Å². The molecule has 0 spiro atoms. The van der Waals surface area contributed by atoms with E-state index in [1.807, 2.05) is 0 Å². The summed E-state index contributed by atoms with van der Waals surface area (Å²) < 4.78 is 22.0. The van der Waals surface area contributed by atoms with Crippen molar-refractivity contribution < 1.29 is 18.8 Å². The van der Waals surface area contributed by atoms with Gasteiger partial charge in [-0.2, -0.15) is 0 Å². The van der Waals surface area contributed by atoms with Gasteiger partial charge in [-0.25, -0.2) is 0 Å². The fourth-order valence-corrected chi connectivity index (χ4v) is 2.67. The van der Waals surface area contributed by atoms with E-state index in [1.165, 1.54) is 0 Å². The van der Waals surface area contributed by atoms with Crippen LogP contribution in [0.25, 0.3) is 0 Å². The summed E-state index contributed by atoms with van der Waals surface area (Å²) in [5.41, 5.74) is 0. The fraction of sp³-hybridized carbons (Fsp3) is 0.857. The van der Waals surface area contributed by atoms with Gasteiger partial charge in [0.15, 0.2) is 0 Å². The van der Waals surface area contributed by atoms with Crippen LogP contribution < -0.4 is 0 Å². The topological polar surface area (TPSA) is 68.1 Å². The van der Waals surface area contributed by atoms with Gasteiger partial charge in [-0.1, -0.05) is 5.16 Å². The van der Waals surface area contributed by atoms with E-state index in [0.29, 0.717) is 0 Å². The molecule has 0 fully saturated rings. The van der Waals surface area contributed by atoms with E-state index in [4.69, 9.17) is 14.3 Å². The molecule has 1 N–H and O–H groups in total. The zero-order valence-electron chi connectivity index (χ0n) is 8.60. The molecular weight excluding hydrogens is 273 g/mol. The van der Waals surface area contributed by atoms with Crippen LogP contribution in [0.3, 0.4) is 0 Å². The Morgan fingerprint density at radius 2 is 1.64 bits per heavy atom. The predicted molar refractivity (Wildman–Crippen MR) is 58.2 cm³/mol. The maximum atomic E-state index is 12.0. The summed E-state index contributed by atoms with van der Waals surface area (Å²) in [6.07, 6.45) is -0.567. The van der Waals surface area contributed by atoms with Crippen LogP contribution >= 0.6 is 23.5 Å². The number of hydrogen-bond donors (Lipinski definition) is 1. The van der Waals surface area contributed by atoms with Crippen LogP contribution in [-0.2, 0) is 13.6 Å². The molecule has 0 radical (unpaired) electrons. The molecule has 0 saturated heterocycles. The number of rotatable bonds is 5. The summed E-state index contributed by atoms with van der Waals surface area (Å²) >= 11 is 2.84. The molecule has 0 heterocycles. The summed E-state index contributed by atoms with van der Waals surface area (Å²) in [7, 11) is -3.51. The highest BCUT2D eigenvalue weighted by Gasteiger charge is 2.33. The lowest BCUT2D eigenvalue weighted by molar-refractivity contribution is 0.152. The molecule has 84 valence electrons. The van der Waals surface area contributed by atoms with Gasteiger partial charge in [-0.15, -0.1) is 0 Å². The van der Waals surface area contributed by atoms with Crippen molar-refractivity contribution in [1.29, 1.82) is 0 Å². The van der Waals surface area contributed by atoms with E-state index < -0.39 is 7.60 Å². The molecule has 0 rings (SSSR count). The van der Waals surface area contributed by atoms with Gasteiger partial charge in [0.05, 0.1) is 12.2 Å². The third kappa shape index (κ3) is 4.55. The van der Waals surface area contributed by atoms with E-state index in [0.717, 1.165) is 0 Å². The van der Waals surface area contributed by atoms with Crippen LogP contribution in [0.15, 0.2) is 5.16 Å². The molecule has 0 amide bonds. The Hall–Kier alpha value is 0.100. The largest absolute Gasteiger partial charge is 0.410 e. The molecular formula is C7H15BrNO4P. The molecule has 7 heteroatoms. The highest BCUT2D eigenvalue weighted by molar-refractivity contribution is 9.20. The van der Waals surface area contributed by atoms with E-state index >= 15 is 0 Å². The Morgan fingerprint density at radius 1 is 1.29 bits per heavy atom. The van der Waals surface area contributed by atoms with Crippen LogP contribution in [0.4, 0.5) is 0 Å². The Morgan fingerprint density at radius 3 is 1.86 bits per heavy atom. The van der Waals surface area contributed by atoms with Crippen LogP contribution in [0, 0.1) is 0 Å². The molecule has 0 aliphatic carbocycles. The minimum Gasteiger partial charge on any atom is -0.410 e. The van der Waals surface area contributed by atoms with Crippen LogP contribution in [0.2, 0.25) is 0 Å². The van der Waals surface area contributed by atoms with Gasteiger partial charge in [-0.05, 0) is 43.6 Å². The Labute approximate surface area is 92.1 Å². The first-order valence-electron chi connectivity index (χ1n) is 4.16. The molecule has 14 heavy (non-hydrogen) atoms. The lowest BCUT2D eigenvalue weighted by Gasteiger charge is -2.20. The Bertz CT molecular complexity index is 240. The molecule has 0 bridgehead atoms. The second-order valence-corrected chi connectivity index (χ2v) is 6.38. The van der Waals surface area contributed by atoms with Gasteiger partial charge in [0.25, 0.3) is 0 Å². The highest BCUT2D eigenvalue weighted by Crippen LogP contribution is 2.53. The van der Waals surface area contributed by atoms with Gasteiger partial charge in [0.1, 0.15) is 0 Å². The van der Waals surface area contributed by atoms with Gasteiger partial charge in [-0.3, -0.25) is 4.57 Å². The zero-order chi connectivity index (χ0) is 11.4. The molecule has 0 aromatic heterocycles. The molecule has 0 aromatic rings. The van der Waals surface area contributed by atoms with Crippen molar-refractivity contribution in [2.24, 2.45) is 5.16 Å². The quantitative estimate of drug-likeness (QED) is 0.365. The van der Waals surface area contributed by atoms with Gasteiger partial charge in [0.2, 0.25) is 4.36 Å². The third-order valence-corrected chi connectivity index (χ3v) is 4.41. The summed E-state index contributed by atoms with van der Waals surface area (Å²) in [6.45, 7) is 6.87. The van der Waals surface area contributed by atoms with Crippen molar-refractivity contribution >= 4 is 27.9 Å². The van der Waals surface area contributed by atoms with E-state index in [-0.39, 0.29) is 16.6 Å². The first-order chi connectivity index (χ1) is 6.31. The predicted octanol–water partition coefficient (Wildman–Crippen LogP) is 3.17. The van der Waals surface area contributed by atoms with E-state index in [1.54, 1.807) is 27.7 Å². The van der Waals surface area contributed by atoms with Crippen molar-refractivity contribution in [3.05, 3.63) is 0 Å². The maximum absolute atomic E-state index is 12.0. The first-order valence-corrected chi connectivity index (χ1v) is 6.50. The number of oxime groups is 1. The molecule has 0 aromatic carbocycles. The molecule has 0 unspecified atom stereocenters. The minimum absolute atomic E-state index is 0.215. The average molecular weight is 288 g/mol. The number of halogens is 1. The Kier molecular flexibility index (Phi) is 5.90. The summed E-state index contributed by atoms with van der Waals surface area (Å²) in [6, 6.07) is 0. The standard InChI is InChI=1S/C7H15BrNO4P/c1-5(2)12-14(11,7(8)9-10)13-6(3)4/h5-6,10H,1-4H3/b9-7-. The van der Waals surface area contributed by atoms with Crippen LogP contribution in [0.1, 0.15) is 27.7 Å². The van der Waals surface area contributed by atoms with Gasteiger partial charge < -0.3 is 14.3 Å². The zero-order valence-corrected chi connectivity index (χ0v) is 11.1. The minimum atomic E-state index is -3.51. The first kappa shape index (κ1) is 14.1. The van der Waals surface area contributed by atoms with Gasteiger partial charge in [0, 0.05) is 0 Å². The second-order valence-electron chi connectivity index (χ2n) is 3.17. The third-order valence-electron chi connectivity index (χ3n) is 1.01. The normalized spacial score (nSPS) is 14.1. The van der Waals surface area contributed by atoms with Gasteiger partial charge >= 0.3 is 7.60 Å². The van der Waals surface area contributed by atoms with E-state index in [2.05, 4.69) is 21.1 Å². The summed E-state index contributed by atoms with van der Waals surface area (Å²) in [4.78, 5) is 0. The second kappa shape index (κ2) is 5.85. The average Bonchev–Trinajstić information content (AvgIpc) is 1.99.